The van der Waals surface area contributed by atoms with Gasteiger partial charge in [0.2, 0.25) is 10.0 Å². The van der Waals surface area contributed by atoms with Crippen LogP contribution < -0.4 is 4.72 Å². The molecule has 1 heterocycles. The van der Waals surface area contributed by atoms with Crippen molar-refractivity contribution in [3.8, 4) is 0 Å². The molecule has 0 saturated heterocycles. The van der Waals surface area contributed by atoms with Crippen molar-refractivity contribution in [3.05, 3.63) is 18.0 Å². The van der Waals surface area contributed by atoms with Gasteiger partial charge in [-0.1, -0.05) is 20.3 Å². The lowest BCUT2D eigenvalue weighted by Crippen LogP contribution is -2.33. The van der Waals surface area contributed by atoms with Gasteiger partial charge in [-0.05, 0) is 25.3 Å². The Hall–Kier alpha value is -1.34. The Kier molecular flexibility index (Phi) is 5.13. The van der Waals surface area contributed by atoms with Crippen molar-refractivity contribution in [2.75, 3.05) is 0 Å². The fourth-order valence-electron chi connectivity index (χ4n) is 1.80. The van der Waals surface area contributed by atoms with E-state index in [1.165, 1.54) is 6.20 Å². The summed E-state index contributed by atoms with van der Waals surface area (Å²) in [5, 5.41) is 8.75. The van der Waals surface area contributed by atoms with Crippen molar-refractivity contribution in [2.24, 2.45) is 5.92 Å². The molecule has 0 radical (unpaired) electrons. The zero-order valence-corrected chi connectivity index (χ0v) is 12.1. The quantitative estimate of drug-likeness (QED) is 0.712. The number of rotatable bonds is 7. The first kappa shape index (κ1) is 15.7. The van der Waals surface area contributed by atoms with E-state index in [1.807, 2.05) is 0 Å². The number of hydrogen-bond donors (Lipinski definition) is 3. The van der Waals surface area contributed by atoms with Crippen LogP contribution in [0.1, 0.15) is 44.1 Å². The van der Waals surface area contributed by atoms with Crippen LogP contribution in [0.4, 0.5) is 0 Å². The largest absolute Gasteiger partial charge is 0.477 e. The summed E-state index contributed by atoms with van der Waals surface area (Å²) < 4.78 is 26.6. The highest BCUT2D eigenvalue weighted by molar-refractivity contribution is 7.89. The number of carboxylic acid groups (broad SMARTS) is 1. The van der Waals surface area contributed by atoms with E-state index in [0.29, 0.717) is 5.92 Å². The molecule has 0 saturated carbocycles. The summed E-state index contributed by atoms with van der Waals surface area (Å²) in [5.41, 5.74) is -0.144. The lowest BCUT2D eigenvalue weighted by atomic mass is 10.0. The topological polar surface area (TPSA) is 99.3 Å². The van der Waals surface area contributed by atoms with E-state index in [9.17, 15) is 13.2 Å². The van der Waals surface area contributed by atoms with Gasteiger partial charge in [-0.2, -0.15) is 0 Å². The Morgan fingerprint density at radius 2 is 2.11 bits per heavy atom. The maximum atomic E-state index is 12.0. The fourth-order valence-corrected chi connectivity index (χ4v) is 3.05. The molecule has 0 bridgehead atoms. The minimum atomic E-state index is -3.67. The Balaban J connectivity index is 2.77. The summed E-state index contributed by atoms with van der Waals surface area (Å²) in [6.07, 6.45) is 2.91. The molecule has 0 fully saturated rings. The SMILES string of the molecule is CCC(C)CC(C)NS(=O)(=O)c1c[nH]c(C(=O)O)c1. The highest BCUT2D eigenvalue weighted by Gasteiger charge is 2.21. The Morgan fingerprint density at radius 1 is 1.47 bits per heavy atom. The second-order valence-electron chi connectivity index (χ2n) is 4.83. The predicted molar refractivity (Wildman–Crippen MR) is 71.6 cm³/mol. The molecular weight excluding hydrogens is 268 g/mol. The number of aromatic carboxylic acids is 1. The summed E-state index contributed by atoms with van der Waals surface area (Å²) >= 11 is 0. The molecule has 1 rings (SSSR count). The van der Waals surface area contributed by atoms with Gasteiger partial charge in [-0.25, -0.2) is 17.9 Å². The van der Waals surface area contributed by atoms with Gasteiger partial charge in [0.15, 0.2) is 0 Å². The van der Waals surface area contributed by atoms with Crippen LogP contribution in [0, 0.1) is 5.92 Å². The number of hydrogen-bond acceptors (Lipinski definition) is 3. The third-order valence-corrected chi connectivity index (χ3v) is 4.58. The van der Waals surface area contributed by atoms with E-state index >= 15 is 0 Å². The molecule has 0 aromatic carbocycles. The van der Waals surface area contributed by atoms with Crippen LogP contribution in [0.25, 0.3) is 0 Å². The van der Waals surface area contributed by atoms with Gasteiger partial charge < -0.3 is 10.1 Å². The van der Waals surface area contributed by atoms with E-state index in [1.54, 1.807) is 6.92 Å². The first-order valence-electron chi connectivity index (χ1n) is 6.20. The first-order valence-corrected chi connectivity index (χ1v) is 7.68. The molecule has 0 aliphatic rings. The van der Waals surface area contributed by atoms with E-state index in [-0.39, 0.29) is 16.6 Å². The average molecular weight is 288 g/mol. The van der Waals surface area contributed by atoms with Crippen molar-refractivity contribution >= 4 is 16.0 Å². The average Bonchev–Trinajstić information content (AvgIpc) is 2.77. The van der Waals surface area contributed by atoms with Crippen molar-refractivity contribution in [1.82, 2.24) is 9.71 Å². The van der Waals surface area contributed by atoms with Gasteiger partial charge in [0.1, 0.15) is 10.6 Å². The monoisotopic (exact) mass is 288 g/mol. The van der Waals surface area contributed by atoms with Crippen LogP contribution >= 0.6 is 0 Å². The molecule has 108 valence electrons. The molecule has 0 aliphatic carbocycles. The second kappa shape index (κ2) is 6.21. The number of aromatic amines is 1. The Morgan fingerprint density at radius 3 is 2.58 bits per heavy atom. The predicted octanol–water partition coefficient (Wildman–Crippen LogP) is 1.82. The smallest absolute Gasteiger partial charge is 0.352 e. The van der Waals surface area contributed by atoms with Gasteiger partial charge in [0.25, 0.3) is 0 Å². The normalized spacial score (nSPS) is 15.1. The summed E-state index contributed by atoms with van der Waals surface area (Å²) in [7, 11) is -3.67. The van der Waals surface area contributed by atoms with E-state index in [4.69, 9.17) is 5.11 Å². The first-order chi connectivity index (χ1) is 8.76. The zero-order chi connectivity index (χ0) is 14.6. The highest BCUT2D eigenvalue weighted by Crippen LogP contribution is 2.14. The summed E-state index contributed by atoms with van der Waals surface area (Å²) in [4.78, 5) is 13.1. The number of H-pyrrole nitrogens is 1. The van der Waals surface area contributed by atoms with Gasteiger partial charge in [-0.3, -0.25) is 0 Å². The molecule has 19 heavy (non-hydrogen) atoms. The third-order valence-electron chi connectivity index (χ3n) is 3.01. The Labute approximate surface area is 113 Å². The molecular formula is C12H20N2O4S. The highest BCUT2D eigenvalue weighted by atomic mass is 32.2. The van der Waals surface area contributed by atoms with Crippen molar-refractivity contribution in [2.45, 2.75) is 44.6 Å². The lowest BCUT2D eigenvalue weighted by molar-refractivity contribution is 0.0691. The zero-order valence-electron chi connectivity index (χ0n) is 11.3. The van der Waals surface area contributed by atoms with Crippen LogP contribution in [0.5, 0.6) is 0 Å². The molecule has 6 nitrogen and oxygen atoms in total. The van der Waals surface area contributed by atoms with Crippen LogP contribution in [0.2, 0.25) is 0 Å². The van der Waals surface area contributed by atoms with Crippen LogP contribution in [0.3, 0.4) is 0 Å². The molecule has 3 N–H and O–H groups in total. The molecule has 2 unspecified atom stereocenters. The summed E-state index contributed by atoms with van der Waals surface area (Å²) in [6.45, 7) is 5.91. The number of sulfonamides is 1. The molecule has 1 aromatic rings. The van der Waals surface area contributed by atoms with E-state index in [2.05, 4.69) is 23.6 Å². The summed E-state index contributed by atoms with van der Waals surface area (Å²) in [6, 6.07) is 0.920. The van der Waals surface area contributed by atoms with Gasteiger partial charge in [-0.15, -0.1) is 0 Å². The van der Waals surface area contributed by atoms with Crippen molar-refractivity contribution < 1.29 is 18.3 Å². The van der Waals surface area contributed by atoms with E-state index < -0.39 is 16.0 Å². The minimum Gasteiger partial charge on any atom is -0.477 e. The van der Waals surface area contributed by atoms with Crippen LogP contribution in [0.15, 0.2) is 17.2 Å². The number of carboxylic acids is 1. The maximum absolute atomic E-state index is 12.0. The molecule has 7 heteroatoms. The molecule has 0 amide bonds. The second-order valence-corrected chi connectivity index (χ2v) is 6.54. The van der Waals surface area contributed by atoms with Crippen molar-refractivity contribution in [3.63, 3.8) is 0 Å². The number of carbonyl (C=O) groups is 1. The van der Waals surface area contributed by atoms with Crippen molar-refractivity contribution in [1.29, 1.82) is 0 Å². The number of aromatic nitrogens is 1. The lowest BCUT2D eigenvalue weighted by Gasteiger charge is -2.17. The summed E-state index contributed by atoms with van der Waals surface area (Å²) in [5.74, 6) is -0.757. The van der Waals surface area contributed by atoms with Crippen LogP contribution in [-0.2, 0) is 10.0 Å². The van der Waals surface area contributed by atoms with Crippen LogP contribution in [-0.4, -0.2) is 30.5 Å². The maximum Gasteiger partial charge on any atom is 0.352 e. The third kappa shape index (κ3) is 4.36. The van der Waals surface area contributed by atoms with Gasteiger partial charge >= 0.3 is 5.97 Å². The Bertz CT molecular complexity index is 536. The standard InChI is InChI=1S/C12H20N2O4S/c1-4-8(2)5-9(3)14-19(17,18)10-6-11(12(15)16)13-7-10/h6-9,13-14H,4-5H2,1-3H3,(H,15,16). The fraction of sp³-hybridized carbons (Fsp3) is 0.583. The molecule has 1 aromatic heterocycles. The minimum absolute atomic E-state index is 0.0547. The number of nitrogens with one attached hydrogen (secondary N) is 2. The molecule has 2 atom stereocenters. The van der Waals surface area contributed by atoms with E-state index in [0.717, 1.165) is 18.9 Å². The molecule has 0 spiro atoms. The van der Waals surface area contributed by atoms with Gasteiger partial charge in [0.05, 0.1) is 0 Å². The van der Waals surface area contributed by atoms with Gasteiger partial charge in [0, 0.05) is 12.2 Å². The molecule has 0 aliphatic heterocycles.